The molecule has 0 aromatic rings. The van der Waals surface area contributed by atoms with Gasteiger partial charge in [0.25, 0.3) is 0 Å². The minimum Gasteiger partial charge on any atom is -0.481 e. The molecule has 304 valence electrons. The van der Waals surface area contributed by atoms with Crippen LogP contribution in [0.15, 0.2) is 11.1 Å². The van der Waals surface area contributed by atoms with Crippen molar-refractivity contribution in [2.24, 2.45) is 62.1 Å². The molecule has 8 nitrogen and oxygen atoms in total. The molecule has 1 N–H and O–H groups in total. The van der Waals surface area contributed by atoms with Crippen molar-refractivity contribution in [3.05, 3.63) is 11.1 Å². The van der Waals surface area contributed by atoms with Crippen molar-refractivity contribution in [1.29, 1.82) is 0 Å². The van der Waals surface area contributed by atoms with E-state index in [2.05, 4.69) is 53.4 Å². The van der Waals surface area contributed by atoms with Gasteiger partial charge in [-0.15, -0.1) is 0 Å². The summed E-state index contributed by atoms with van der Waals surface area (Å²) in [6.07, 6.45) is 13.2. The van der Waals surface area contributed by atoms with E-state index in [1.54, 1.807) is 13.8 Å². The average molecular weight is 751 g/mol. The third-order valence-electron chi connectivity index (χ3n) is 17.3. The molecular weight excluding hydrogens is 677 g/mol. The summed E-state index contributed by atoms with van der Waals surface area (Å²) in [7, 11) is 3.95. The lowest BCUT2D eigenvalue weighted by molar-refractivity contribution is -0.233. The molecule has 8 heteroatoms. The lowest BCUT2D eigenvalue weighted by Crippen LogP contribution is -2.65. The number of likely N-dealkylation sites (N-methyl/N-ethyl adjacent to an activating group) is 1. The van der Waals surface area contributed by atoms with Gasteiger partial charge in [-0.25, -0.2) is 0 Å². The summed E-state index contributed by atoms with van der Waals surface area (Å²) in [4.78, 5) is 56.9. The number of Topliss-reactive ketones (excluding diaryl/α,β-unsaturated/α-hetero) is 1. The highest BCUT2D eigenvalue weighted by Crippen LogP contribution is 2.77. The maximum Gasteiger partial charge on any atom is 0.309 e. The number of allylic oxidation sites excluding steroid dienone is 2. The second-order valence-corrected chi connectivity index (χ2v) is 21.8. The fraction of sp³-hybridized carbons (Fsp3) is 0.870. The quantitative estimate of drug-likeness (QED) is 0.199. The van der Waals surface area contributed by atoms with E-state index in [-0.39, 0.29) is 51.4 Å². The average Bonchev–Trinajstić information content (AvgIpc) is 3.33. The number of esters is 1. The number of aliphatic carboxylic acids is 1. The van der Waals surface area contributed by atoms with Gasteiger partial charge in [0.05, 0.1) is 18.4 Å². The first-order valence-corrected chi connectivity index (χ1v) is 21.7. The van der Waals surface area contributed by atoms with Gasteiger partial charge in [-0.05, 0) is 150 Å². The van der Waals surface area contributed by atoms with E-state index in [1.807, 2.05) is 19.0 Å². The summed E-state index contributed by atoms with van der Waals surface area (Å²) in [5, 5.41) is 9.63. The zero-order chi connectivity index (χ0) is 39.8. The van der Waals surface area contributed by atoms with Gasteiger partial charge >= 0.3 is 11.9 Å². The maximum atomic E-state index is 14.2. The van der Waals surface area contributed by atoms with Gasteiger partial charge in [0.15, 0.2) is 5.78 Å². The van der Waals surface area contributed by atoms with Crippen molar-refractivity contribution in [2.75, 3.05) is 33.7 Å². The minimum atomic E-state index is -1.16. The van der Waals surface area contributed by atoms with Gasteiger partial charge in [-0.2, -0.15) is 0 Å². The molecule has 0 spiro atoms. The molecule has 0 aromatic heterocycles. The van der Waals surface area contributed by atoms with Gasteiger partial charge in [0, 0.05) is 30.3 Å². The van der Waals surface area contributed by atoms with Crippen LogP contribution < -0.4 is 0 Å². The summed E-state index contributed by atoms with van der Waals surface area (Å²) in [5.41, 5.74) is 1.35. The van der Waals surface area contributed by atoms with E-state index < -0.39 is 17.4 Å². The summed E-state index contributed by atoms with van der Waals surface area (Å²) >= 11 is 0. The summed E-state index contributed by atoms with van der Waals surface area (Å²) < 4.78 is 6.19. The highest BCUT2D eigenvalue weighted by molar-refractivity contribution is 6.00. The Kier molecular flexibility index (Phi) is 11.0. The Bertz CT molecular complexity index is 1540. The lowest BCUT2D eigenvalue weighted by atomic mass is 9.33. The Balaban J connectivity index is 1.26. The van der Waals surface area contributed by atoms with E-state index in [9.17, 15) is 24.3 Å². The second kappa shape index (κ2) is 14.3. The smallest absolute Gasteiger partial charge is 0.309 e. The van der Waals surface area contributed by atoms with Gasteiger partial charge in [0.1, 0.15) is 6.10 Å². The molecule has 0 saturated heterocycles. The van der Waals surface area contributed by atoms with Crippen molar-refractivity contribution in [1.82, 2.24) is 9.80 Å². The second-order valence-electron chi connectivity index (χ2n) is 21.8. The predicted molar refractivity (Wildman–Crippen MR) is 212 cm³/mol. The molecule has 5 fully saturated rings. The highest BCUT2D eigenvalue weighted by atomic mass is 16.5. The predicted octanol–water partition coefficient (Wildman–Crippen LogP) is 8.96. The standard InChI is InChI=1S/C46H74N2O6/c1-29(2)38-32(49)25-46(23-24-48(27-30-13-12-14-30)36(50)28-47(10)11)22-21-44(8)31(39(38)46)15-16-34-43(7)19-18-35(54-37(51)26-41(3,4)40(52)53)42(5,6)33(43)17-20-45(34,44)9/h29-31,33-35H,12-28H2,1-11H3,(H,52,53)/t31-,33?,34?,35+,43+,44-,45-,46-/m1/s1. The number of ketones is 1. The normalized spacial score (nSPS) is 37.6. The number of nitrogens with zero attached hydrogens (tertiary/aromatic N) is 2. The van der Waals surface area contributed by atoms with E-state index >= 15 is 0 Å². The Morgan fingerprint density at radius 1 is 0.889 bits per heavy atom. The maximum absolute atomic E-state index is 14.2. The molecule has 2 unspecified atom stereocenters. The van der Waals surface area contributed by atoms with Gasteiger partial charge in [0.2, 0.25) is 5.91 Å². The van der Waals surface area contributed by atoms with Crippen molar-refractivity contribution < 1.29 is 29.0 Å². The molecular formula is C46H74N2O6. The van der Waals surface area contributed by atoms with E-state index in [1.165, 1.54) is 24.8 Å². The van der Waals surface area contributed by atoms with Gasteiger partial charge in [-0.1, -0.05) is 60.5 Å². The number of rotatable bonds is 12. The van der Waals surface area contributed by atoms with E-state index in [0.717, 1.165) is 76.5 Å². The first-order chi connectivity index (χ1) is 25.0. The molecule has 54 heavy (non-hydrogen) atoms. The van der Waals surface area contributed by atoms with Crippen molar-refractivity contribution in [2.45, 2.75) is 158 Å². The van der Waals surface area contributed by atoms with Crippen molar-refractivity contribution in [3.63, 3.8) is 0 Å². The number of hydrogen-bond donors (Lipinski definition) is 1. The Morgan fingerprint density at radius 3 is 2.17 bits per heavy atom. The molecule has 1 amide bonds. The number of hydrogen-bond acceptors (Lipinski definition) is 6. The van der Waals surface area contributed by atoms with Crippen LogP contribution >= 0.6 is 0 Å². The highest BCUT2D eigenvalue weighted by Gasteiger charge is 2.70. The van der Waals surface area contributed by atoms with Crippen molar-refractivity contribution >= 4 is 23.6 Å². The lowest BCUT2D eigenvalue weighted by Gasteiger charge is -2.72. The van der Waals surface area contributed by atoms with Crippen LogP contribution in [-0.2, 0) is 23.9 Å². The Labute approximate surface area is 327 Å². The van der Waals surface area contributed by atoms with Gasteiger partial charge < -0.3 is 19.6 Å². The molecule has 6 rings (SSSR count). The molecule has 6 aliphatic rings. The summed E-state index contributed by atoms with van der Waals surface area (Å²) in [5.74, 6) is 1.29. The molecule has 0 aromatic carbocycles. The first kappa shape index (κ1) is 41.4. The van der Waals surface area contributed by atoms with Gasteiger partial charge in [-0.3, -0.25) is 19.2 Å². The Morgan fingerprint density at radius 2 is 1.57 bits per heavy atom. The molecule has 0 radical (unpaired) electrons. The van der Waals surface area contributed by atoms with Crippen LogP contribution in [0, 0.1) is 62.1 Å². The zero-order valence-electron chi connectivity index (χ0n) is 35.9. The third-order valence-corrected chi connectivity index (χ3v) is 17.3. The van der Waals surface area contributed by atoms with E-state index in [4.69, 9.17) is 4.74 Å². The number of amides is 1. The SMILES string of the molecule is CC(C)C1=C2[C@H]3CCC4[C@@]5(C)CC[C@H](OC(=O)CC(C)(C)C(=O)O)C(C)(C)C5CC[C@@]4(C)[C@]3(C)CC[C@@]2(CCN(CC2CCC2)C(=O)CN(C)C)CC1=O. The van der Waals surface area contributed by atoms with E-state index in [0.29, 0.717) is 42.4 Å². The van der Waals surface area contributed by atoms with Crippen molar-refractivity contribution in [3.8, 4) is 0 Å². The fourth-order valence-electron chi connectivity index (χ4n) is 13.9. The number of carboxylic acid groups (broad SMARTS) is 1. The van der Waals surface area contributed by atoms with Crippen LogP contribution in [0.2, 0.25) is 0 Å². The van der Waals surface area contributed by atoms with Crippen LogP contribution in [-0.4, -0.2) is 78.4 Å². The zero-order valence-corrected chi connectivity index (χ0v) is 35.9. The van der Waals surface area contributed by atoms with Crippen LogP contribution in [0.1, 0.15) is 152 Å². The van der Waals surface area contributed by atoms with Crippen LogP contribution in [0.4, 0.5) is 0 Å². The number of carbonyl (C=O) groups excluding carboxylic acids is 3. The third kappa shape index (κ3) is 6.72. The number of carbonyl (C=O) groups is 4. The topological polar surface area (TPSA) is 104 Å². The monoisotopic (exact) mass is 751 g/mol. The molecule has 0 heterocycles. The first-order valence-electron chi connectivity index (χ1n) is 21.7. The fourth-order valence-corrected chi connectivity index (χ4v) is 13.9. The number of fused-ring (bicyclic) bond motifs is 7. The number of ether oxygens (including phenoxy) is 1. The molecule has 8 atom stereocenters. The van der Waals surface area contributed by atoms with Crippen LogP contribution in [0.5, 0.6) is 0 Å². The van der Waals surface area contributed by atoms with Crippen LogP contribution in [0.3, 0.4) is 0 Å². The summed E-state index contributed by atoms with van der Waals surface area (Å²) in [6.45, 7) is 22.0. The molecule has 5 saturated carbocycles. The Hall–Kier alpha value is -2.22. The molecule has 0 aliphatic heterocycles. The summed E-state index contributed by atoms with van der Waals surface area (Å²) in [6, 6.07) is 0. The molecule has 6 aliphatic carbocycles. The molecule has 0 bridgehead atoms. The largest absolute Gasteiger partial charge is 0.481 e. The number of carboxylic acids is 1. The van der Waals surface area contributed by atoms with Crippen LogP contribution in [0.25, 0.3) is 0 Å². The minimum absolute atomic E-state index is 0.0652.